The van der Waals surface area contributed by atoms with Gasteiger partial charge in [-0.05, 0) is 24.8 Å². The van der Waals surface area contributed by atoms with E-state index in [0.29, 0.717) is 11.5 Å². The van der Waals surface area contributed by atoms with Crippen molar-refractivity contribution < 1.29 is 0 Å². The fourth-order valence-corrected chi connectivity index (χ4v) is 2.13. The SMILES string of the molecule is CBC[C@@H](NC)[C@@H](C)CC(C)(C)C. The number of nitrogens with one attached hydrogen (secondary N) is 1. The topological polar surface area (TPSA) is 12.0 Å². The van der Waals surface area contributed by atoms with Gasteiger partial charge in [0.15, 0.2) is 0 Å². The molecule has 0 amide bonds. The summed E-state index contributed by atoms with van der Waals surface area (Å²) in [7, 11) is 3.36. The smallest absolute Gasteiger partial charge is 0.119 e. The molecule has 13 heavy (non-hydrogen) atoms. The van der Waals surface area contributed by atoms with Gasteiger partial charge in [0.25, 0.3) is 0 Å². The van der Waals surface area contributed by atoms with Crippen LogP contribution in [0.3, 0.4) is 0 Å². The van der Waals surface area contributed by atoms with Gasteiger partial charge >= 0.3 is 0 Å². The third kappa shape index (κ3) is 6.14. The average Bonchev–Trinajstić information content (AvgIpc) is 1.96. The Morgan fingerprint density at radius 1 is 1.31 bits per heavy atom. The van der Waals surface area contributed by atoms with Crippen LogP contribution in [0, 0.1) is 11.3 Å². The molecule has 2 atom stereocenters. The zero-order chi connectivity index (χ0) is 10.5. The van der Waals surface area contributed by atoms with Gasteiger partial charge in [0.2, 0.25) is 0 Å². The molecule has 0 aromatic rings. The largest absolute Gasteiger partial charge is 0.317 e. The van der Waals surface area contributed by atoms with E-state index in [4.69, 9.17) is 0 Å². The van der Waals surface area contributed by atoms with Crippen molar-refractivity contribution in [3.05, 3.63) is 0 Å². The molecule has 0 saturated heterocycles. The van der Waals surface area contributed by atoms with Crippen molar-refractivity contribution >= 4 is 7.28 Å². The molecule has 0 aliphatic carbocycles. The third-order valence-corrected chi connectivity index (χ3v) is 2.59. The van der Waals surface area contributed by atoms with Crippen LogP contribution in [0.5, 0.6) is 0 Å². The molecule has 0 fully saturated rings. The highest BCUT2D eigenvalue weighted by Gasteiger charge is 2.20. The standard InChI is InChI=1S/C11H26BN/c1-9(7-11(2,3)4)10(13-6)8-12-5/h9-10,12-13H,7-8H2,1-6H3/t9-,10+/m0/s1. The van der Waals surface area contributed by atoms with E-state index < -0.39 is 0 Å². The minimum atomic E-state index is 0.461. The molecule has 0 aromatic heterocycles. The lowest BCUT2D eigenvalue weighted by molar-refractivity contribution is 0.269. The summed E-state index contributed by atoms with van der Waals surface area (Å²) in [4.78, 5) is 0. The fraction of sp³-hybridized carbons (Fsp3) is 1.00. The molecule has 0 bridgehead atoms. The molecule has 78 valence electrons. The summed E-state index contributed by atoms with van der Waals surface area (Å²) in [5.41, 5.74) is 0.461. The highest BCUT2D eigenvalue weighted by Crippen LogP contribution is 2.26. The van der Waals surface area contributed by atoms with Crippen LogP contribution in [0.25, 0.3) is 0 Å². The maximum atomic E-state index is 3.43. The van der Waals surface area contributed by atoms with Gasteiger partial charge in [-0.3, -0.25) is 0 Å². The third-order valence-electron chi connectivity index (χ3n) is 2.59. The first-order chi connectivity index (χ1) is 5.90. The van der Waals surface area contributed by atoms with Crippen LogP contribution in [0.2, 0.25) is 13.1 Å². The van der Waals surface area contributed by atoms with Gasteiger partial charge in [0.05, 0.1) is 0 Å². The minimum Gasteiger partial charge on any atom is -0.317 e. The second kappa shape index (κ2) is 5.69. The van der Waals surface area contributed by atoms with Crippen LogP contribution in [-0.4, -0.2) is 20.4 Å². The predicted molar refractivity (Wildman–Crippen MR) is 63.9 cm³/mol. The van der Waals surface area contributed by atoms with Crippen LogP contribution in [0.15, 0.2) is 0 Å². The van der Waals surface area contributed by atoms with Crippen molar-refractivity contribution in [3.63, 3.8) is 0 Å². The maximum absolute atomic E-state index is 3.43. The van der Waals surface area contributed by atoms with Crippen molar-refractivity contribution in [2.75, 3.05) is 7.05 Å². The van der Waals surface area contributed by atoms with E-state index in [2.05, 4.69) is 46.9 Å². The fourth-order valence-electron chi connectivity index (χ4n) is 2.13. The Kier molecular flexibility index (Phi) is 5.70. The molecule has 2 heteroatoms. The highest BCUT2D eigenvalue weighted by atomic mass is 14.9. The van der Waals surface area contributed by atoms with Gasteiger partial charge in [-0.1, -0.05) is 40.8 Å². The Morgan fingerprint density at radius 3 is 2.15 bits per heavy atom. The molecule has 0 heterocycles. The summed E-state index contributed by atoms with van der Waals surface area (Å²) in [5.74, 6) is 0.782. The molecule has 0 saturated carbocycles. The van der Waals surface area contributed by atoms with E-state index in [1.807, 2.05) is 0 Å². The summed E-state index contributed by atoms with van der Waals surface area (Å²) in [5, 5.41) is 3.43. The van der Waals surface area contributed by atoms with Crippen LogP contribution in [-0.2, 0) is 0 Å². The lowest BCUT2D eigenvalue weighted by Gasteiger charge is -2.29. The van der Waals surface area contributed by atoms with Crippen molar-refractivity contribution in [2.24, 2.45) is 11.3 Å². The van der Waals surface area contributed by atoms with Crippen LogP contribution in [0.1, 0.15) is 34.1 Å². The second-order valence-electron chi connectivity index (χ2n) is 5.43. The molecule has 0 spiro atoms. The zero-order valence-electron chi connectivity index (χ0n) is 10.3. The Hall–Kier alpha value is 0.0249. The highest BCUT2D eigenvalue weighted by molar-refractivity contribution is 6.33. The first kappa shape index (κ1) is 13.0. The lowest BCUT2D eigenvalue weighted by Crippen LogP contribution is -2.34. The van der Waals surface area contributed by atoms with E-state index in [-0.39, 0.29) is 0 Å². The summed E-state index contributed by atoms with van der Waals surface area (Å²) in [6.45, 7) is 11.6. The van der Waals surface area contributed by atoms with Gasteiger partial charge in [-0.15, -0.1) is 0 Å². The van der Waals surface area contributed by atoms with Gasteiger partial charge in [0.1, 0.15) is 7.28 Å². The molecule has 0 rings (SSSR count). The maximum Gasteiger partial charge on any atom is 0.119 e. The molecule has 1 nitrogen and oxygen atoms in total. The van der Waals surface area contributed by atoms with E-state index in [1.54, 1.807) is 0 Å². The first-order valence-corrected chi connectivity index (χ1v) is 5.58. The predicted octanol–water partition coefficient (Wildman–Crippen LogP) is 2.55. The van der Waals surface area contributed by atoms with Gasteiger partial charge in [-0.2, -0.15) is 0 Å². The van der Waals surface area contributed by atoms with Gasteiger partial charge in [-0.25, -0.2) is 0 Å². The quantitative estimate of drug-likeness (QED) is 0.646. The van der Waals surface area contributed by atoms with Crippen molar-refractivity contribution in [3.8, 4) is 0 Å². The summed E-state index contributed by atoms with van der Waals surface area (Å²) >= 11 is 0. The number of rotatable bonds is 5. The number of hydrogen-bond donors (Lipinski definition) is 1. The van der Waals surface area contributed by atoms with Gasteiger partial charge < -0.3 is 5.32 Å². The molecule has 0 unspecified atom stereocenters. The molecule has 0 aliphatic heterocycles. The molecule has 0 aromatic carbocycles. The van der Waals surface area contributed by atoms with Crippen LogP contribution < -0.4 is 5.32 Å². The number of hydrogen-bond acceptors (Lipinski definition) is 1. The second-order valence-corrected chi connectivity index (χ2v) is 5.43. The van der Waals surface area contributed by atoms with E-state index in [1.165, 1.54) is 20.0 Å². The average molecular weight is 183 g/mol. The lowest BCUT2D eigenvalue weighted by atomic mass is 9.70. The van der Waals surface area contributed by atoms with Crippen LogP contribution >= 0.6 is 0 Å². The Bertz CT molecular complexity index is 129. The summed E-state index contributed by atoms with van der Waals surface area (Å²) < 4.78 is 0. The van der Waals surface area contributed by atoms with E-state index in [0.717, 1.165) is 5.92 Å². The van der Waals surface area contributed by atoms with E-state index >= 15 is 0 Å². The zero-order valence-corrected chi connectivity index (χ0v) is 10.3. The van der Waals surface area contributed by atoms with Crippen molar-refractivity contribution in [2.45, 2.75) is 53.3 Å². The Morgan fingerprint density at radius 2 is 1.85 bits per heavy atom. The summed E-state index contributed by atoms with van der Waals surface area (Å²) in [6.07, 6.45) is 2.60. The minimum absolute atomic E-state index is 0.461. The first-order valence-electron chi connectivity index (χ1n) is 5.58. The molecule has 1 N–H and O–H groups in total. The van der Waals surface area contributed by atoms with Gasteiger partial charge in [0, 0.05) is 6.04 Å². The van der Waals surface area contributed by atoms with Crippen LogP contribution in [0.4, 0.5) is 0 Å². The van der Waals surface area contributed by atoms with Crippen molar-refractivity contribution in [1.29, 1.82) is 0 Å². The summed E-state index contributed by atoms with van der Waals surface area (Å²) in [6, 6.07) is 0.698. The van der Waals surface area contributed by atoms with E-state index in [9.17, 15) is 0 Å². The normalized spacial score (nSPS) is 16.8. The molecule has 0 radical (unpaired) electrons. The monoisotopic (exact) mass is 183 g/mol. The molecule has 0 aliphatic rings. The van der Waals surface area contributed by atoms with Crippen molar-refractivity contribution in [1.82, 2.24) is 5.32 Å². The molecular formula is C11H26BN. The molecular weight excluding hydrogens is 157 g/mol. The Balaban J connectivity index is 3.97. The Labute approximate surface area is 84.9 Å².